The number of methoxy groups -OCH3 is 2. The Morgan fingerprint density at radius 2 is 1.51 bits per heavy atom. The van der Waals surface area contributed by atoms with Crippen molar-refractivity contribution in [2.45, 2.75) is 19.0 Å². The molecule has 0 saturated carbocycles. The van der Waals surface area contributed by atoms with E-state index in [1.807, 2.05) is 30.3 Å². The minimum absolute atomic E-state index is 0.0960. The first-order chi connectivity index (χ1) is 16.9. The van der Waals surface area contributed by atoms with Crippen molar-refractivity contribution in [2.24, 2.45) is 0 Å². The zero-order valence-electron chi connectivity index (χ0n) is 20.0. The topological polar surface area (TPSA) is 77.1 Å². The van der Waals surface area contributed by atoms with E-state index in [1.54, 1.807) is 36.4 Å². The van der Waals surface area contributed by atoms with Crippen LogP contribution in [0.4, 0.5) is 4.39 Å². The third kappa shape index (κ3) is 6.96. The van der Waals surface area contributed by atoms with Crippen LogP contribution in [0.1, 0.15) is 11.1 Å². The van der Waals surface area contributed by atoms with E-state index in [0.29, 0.717) is 22.8 Å². The van der Waals surface area contributed by atoms with Gasteiger partial charge in [0.05, 0.1) is 14.2 Å². The summed E-state index contributed by atoms with van der Waals surface area (Å²) in [6.07, 6.45) is 0.258. The minimum Gasteiger partial charge on any atom is -0.496 e. The summed E-state index contributed by atoms with van der Waals surface area (Å²) in [4.78, 5) is 27.7. The molecule has 7 nitrogen and oxygen atoms in total. The van der Waals surface area contributed by atoms with Crippen LogP contribution in [0.2, 0.25) is 0 Å². The van der Waals surface area contributed by atoms with Gasteiger partial charge in [-0.25, -0.2) is 4.39 Å². The van der Waals surface area contributed by atoms with E-state index in [4.69, 9.17) is 14.2 Å². The zero-order valence-corrected chi connectivity index (χ0v) is 20.0. The van der Waals surface area contributed by atoms with Crippen LogP contribution in [0, 0.1) is 5.82 Å². The third-order valence-corrected chi connectivity index (χ3v) is 5.50. The highest BCUT2D eigenvalue weighted by atomic mass is 19.1. The van der Waals surface area contributed by atoms with Crippen molar-refractivity contribution in [2.75, 3.05) is 27.9 Å². The quantitative estimate of drug-likeness (QED) is 0.454. The molecule has 0 heterocycles. The second-order valence-corrected chi connectivity index (χ2v) is 7.77. The molecule has 3 aromatic carbocycles. The average Bonchev–Trinajstić information content (AvgIpc) is 2.90. The summed E-state index contributed by atoms with van der Waals surface area (Å²) in [7, 11) is 4.53. The van der Waals surface area contributed by atoms with E-state index in [0.717, 1.165) is 5.56 Å². The summed E-state index contributed by atoms with van der Waals surface area (Å²) in [5, 5.41) is 2.62. The number of benzene rings is 3. The van der Waals surface area contributed by atoms with Crippen LogP contribution in [0.25, 0.3) is 0 Å². The first-order valence-electron chi connectivity index (χ1n) is 11.1. The fourth-order valence-corrected chi connectivity index (χ4v) is 3.62. The number of nitrogens with one attached hydrogen (secondary N) is 1. The molecule has 3 rings (SSSR count). The van der Waals surface area contributed by atoms with Crippen LogP contribution in [0.15, 0.2) is 72.8 Å². The number of hydrogen-bond donors (Lipinski definition) is 1. The Hall–Kier alpha value is -4.07. The van der Waals surface area contributed by atoms with Crippen molar-refractivity contribution in [1.29, 1.82) is 0 Å². The lowest BCUT2D eigenvalue weighted by Crippen LogP contribution is -2.51. The number of hydrogen-bond acceptors (Lipinski definition) is 5. The second-order valence-electron chi connectivity index (χ2n) is 7.77. The Morgan fingerprint density at radius 3 is 2.11 bits per heavy atom. The number of ether oxygens (including phenoxy) is 3. The number of nitrogens with zero attached hydrogens (tertiary/aromatic N) is 1. The third-order valence-electron chi connectivity index (χ3n) is 5.50. The molecule has 1 N–H and O–H groups in total. The Morgan fingerprint density at radius 1 is 0.914 bits per heavy atom. The van der Waals surface area contributed by atoms with Gasteiger partial charge in [0.15, 0.2) is 6.61 Å². The second kappa shape index (κ2) is 12.4. The Labute approximate surface area is 204 Å². The molecule has 0 aliphatic rings. The zero-order chi connectivity index (χ0) is 25.2. The predicted octanol–water partition coefficient (Wildman–Crippen LogP) is 3.61. The van der Waals surface area contributed by atoms with Crippen LogP contribution >= 0.6 is 0 Å². The molecule has 3 aromatic rings. The molecule has 0 aliphatic heterocycles. The molecule has 0 unspecified atom stereocenters. The summed E-state index contributed by atoms with van der Waals surface area (Å²) in [5.74, 6) is 0.0740. The number of halogens is 1. The molecule has 0 fully saturated rings. The lowest BCUT2D eigenvalue weighted by molar-refractivity contribution is -0.142. The van der Waals surface area contributed by atoms with Crippen molar-refractivity contribution >= 4 is 11.8 Å². The minimum atomic E-state index is -0.877. The number of amides is 2. The van der Waals surface area contributed by atoms with Gasteiger partial charge in [-0.1, -0.05) is 48.5 Å². The van der Waals surface area contributed by atoms with E-state index in [9.17, 15) is 14.0 Å². The molecule has 35 heavy (non-hydrogen) atoms. The van der Waals surface area contributed by atoms with E-state index in [2.05, 4.69) is 5.32 Å². The summed E-state index contributed by atoms with van der Waals surface area (Å²) < 4.78 is 30.7. The number of carbonyl (C=O) groups excluding carboxylic acids is 2. The fraction of sp³-hybridized carbons (Fsp3) is 0.259. The molecule has 0 bridgehead atoms. The molecular weight excluding hydrogens is 451 g/mol. The van der Waals surface area contributed by atoms with Gasteiger partial charge in [0, 0.05) is 43.8 Å². The van der Waals surface area contributed by atoms with E-state index >= 15 is 0 Å². The Bertz CT molecular complexity index is 1120. The molecule has 8 heteroatoms. The summed E-state index contributed by atoms with van der Waals surface area (Å²) in [5.41, 5.74) is 1.16. The fourth-order valence-electron chi connectivity index (χ4n) is 3.62. The molecule has 1 atom stereocenters. The van der Waals surface area contributed by atoms with Gasteiger partial charge in [-0.05, 0) is 11.6 Å². The largest absolute Gasteiger partial charge is 0.496 e. The van der Waals surface area contributed by atoms with Crippen LogP contribution < -0.4 is 19.5 Å². The molecule has 0 spiro atoms. The Kier molecular flexibility index (Phi) is 9.06. The smallest absolute Gasteiger partial charge is 0.261 e. The monoisotopic (exact) mass is 480 g/mol. The van der Waals surface area contributed by atoms with Crippen molar-refractivity contribution < 1.29 is 28.2 Å². The number of likely N-dealkylation sites (N-methyl/N-ethyl adjacent to an activating group) is 1. The van der Waals surface area contributed by atoms with Crippen LogP contribution in [-0.2, 0) is 22.6 Å². The van der Waals surface area contributed by atoms with Crippen LogP contribution in [-0.4, -0.2) is 50.6 Å². The summed E-state index contributed by atoms with van der Waals surface area (Å²) in [6, 6.07) is 19.6. The number of rotatable bonds is 11. The predicted molar refractivity (Wildman–Crippen MR) is 130 cm³/mol. The normalized spacial score (nSPS) is 11.3. The van der Waals surface area contributed by atoms with Gasteiger partial charge in [0.1, 0.15) is 29.1 Å². The summed E-state index contributed by atoms with van der Waals surface area (Å²) in [6.45, 7) is -0.464. The highest BCUT2D eigenvalue weighted by Crippen LogP contribution is 2.27. The van der Waals surface area contributed by atoms with Crippen LogP contribution in [0.5, 0.6) is 17.2 Å². The molecule has 184 valence electrons. The lowest BCUT2D eigenvalue weighted by Gasteiger charge is -2.31. The highest BCUT2D eigenvalue weighted by molar-refractivity contribution is 5.88. The lowest BCUT2D eigenvalue weighted by atomic mass is 10.0. The standard InChI is InChI=1S/C27H29FN2O5/c1-29-27(32)25(13-19-9-5-4-6-10-19)30(17-20-11-7-8-12-24(20)28)26(31)18-35-23-15-21(33-2)14-22(16-23)34-3/h4-12,14-16,25H,13,17-18H2,1-3H3,(H,29,32)/t25-/m1/s1. The molecule has 0 aromatic heterocycles. The first-order valence-corrected chi connectivity index (χ1v) is 11.1. The molecule has 0 radical (unpaired) electrons. The number of carbonyl (C=O) groups is 2. The van der Waals surface area contributed by atoms with Crippen molar-refractivity contribution in [3.05, 3.63) is 89.7 Å². The van der Waals surface area contributed by atoms with Gasteiger partial charge in [0.25, 0.3) is 5.91 Å². The average molecular weight is 481 g/mol. The van der Waals surface area contributed by atoms with Crippen molar-refractivity contribution in [3.63, 3.8) is 0 Å². The maximum Gasteiger partial charge on any atom is 0.261 e. The van der Waals surface area contributed by atoms with E-state index in [-0.39, 0.29) is 25.5 Å². The van der Waals surface area contributed by atoms with Gasteiger partial charge in [0.2, 0.25) is 5.91 Å². The van der Waals surface area contributed by atoms with Gasteiger partial charge >= 0.3 is 0 Å². The van der Waals surface area contributed by atoms with Crippen molar-refractivity contribution in [1.82, 2.24) is 10.2 Å². The Balaban J connectivity index is 1.89. The highest BCUT2D eigenvalue weighted by Gasteiger charge is 2.30. The maximum absolute atomic E-state index is 14.5. The van der Waals surface area contributed by atoms with Gasteiger partial charge in [-0.3, -0.25) is 9.59 Å². The van der Waals surface area contributed by atoms with Gasteiger partial charge < -0.3 is 24.4 Å². The SMILES string of the molecule is CNC(=O)[C@@H](Cc1ccccc1)N(Cc1ccccc1F)C(=O)COc1cc(OC)cc(OC)c1. The maximum atomic E-state index is 14.5. The first kappa shape index (κ1) is 25.6. The molecule has 2 amide bonds. The van der Waals surface area contributed by atoms with Gasteiger partial charge in [-0.2, -0.15) is 0 Å². The van der Waals surface area contributed by atoms with E-state index < -0.39 is 17.8 Å². The molecule has 0 saturated heterocycles. The van der Waals surface area contributed by atoms with E-state index in [1.165, 1.54) is 32.2 Å². The van der Waals surface area contributed by atoms with Crippen molar-refractivity contribution in [3.8, 4) is 17.2 Å². The van der Waals surface area contributed by atoms with Crippen LogP contribution in [0.3, 0.4) is 0 Å². The summed E-state index contributed by atoms with van der Waals surface area (Å²) >= 11 is 0. The molecule has 0 aliphatic carbocycles. The van der Waals surface area contributed by atoms with Gasteiger partial charge in [-0.15, -0.1) is 0 Å². The molecular formula is C27H29FN2O5.